The summed E-state index contributed by atoms with van der Waals surface area (Å²) < 4.78 is 49.1. The zero-order chi connectivity index (χ0) is 19.3. The Bertz CT molecular complexity index is 748. The van der Waals surface area contributed by atoms with Crippen LogP contribution in [-0.4, -0.2) is 53.9 Å². The van der Waals surface area contributed by atoms with E-state index in [-0.39, 0.29) is 5.75 Å². The van der Waals surface area contributed by atoms with Gasteiger partial charge in [0.2, 0.25) is 5.95 Å². The summed E-state index contributed by atoms with van der Waals surface area (Å²) in [6.07, 6.45) is -4.35. The van der Waals surface area contributed by atoms with Crippen molar-refractivity contribution in [2.45, 2.75) is 30.6 Å². The number of anilines is 1. The molecule has 0 N–H and O–H groups in total. The first-order valence-electron chi connectivity index (χ1n) is 8.63. The van der Waals surface area contributed by atoms with Crippen LogP contribution in [-0.2, 0) is 17.0 Å². The van der Waals surface area contributed by atoms with Crippen molar-refractivity contribution < 1.29 is 22.6 Å². The summed E-state index contributed by atoms with van der Waals surface area (Å²) in [5, 5.41) is 9.37. The maximum Gasteiger partial charge on any atom is 0.422 e. The van der Waals surface area contributed by atoms with Crippen LogP contribution in [0.2, 0.25) is 0 Å². The van der Waals surface area contributed by atoms with E-state index in [2.05, 4.69) is 15.1 Å². The third kappa shape index (κ3) is 5.52. The lowest BCUT2D eigenvalue weighted by Crippen LogP contribution is -2.38. The zero-order valence-corrected chi connectivity index (χ0v) is 15.7. The van der Waals surface area contributed by atoms with Crippen molar-refractivity contribution in [2.75, 3.05) is 37.8 Å². The number of aromatic nitrogens is 3. The molecule has 1 fully saturated rings. The molecule has 0 radical (unpaired) electrons. The first kappa shape index (κ1) is 19.8. The molecular weight excluding hydrogens is 381 g/mol. The van der Waals surface area contributed by atoms with Crippen molar-refractivity contribution in [3.05, 3.63) is 29.8 Å². The monoisotopic (exact) mass is 402 g/mol. The van der Waals surface area contributed by atoms with Crippen LogP contribution in [0.5, 0.6) is 5.75 Å². The fraction of sp³-hybridized carbons (Fsp3) is 0.529. The topological polar surface area (TPSA) is 52.4 Å². The Kier molecular flexibility index (Phi) is 6.48. The van der Waals surface area contributed by atoms with Crippen LogP contribution >= 0.6 is 11.8 Å². The molecule has 1 aromatic carbocycles. The maximum atomic E-state index is 12.3. The number of benzene rings is 1. The number of alkyl halides is 3. The predicted molar refractivity (Wildman–Crippen MR) is 96.3 cm³/mol. The zero-order valence-electron chi connectivity index (χ0n) is 14.9. The molecule has 2 heterocycles. The molecule has 27 heavy (non-hydrogen) atoms. The van der Waals surface area contributed by atoms with Crippen LogP contribution in [0.1, 0.15) is 12.5 Å². The van der Waals surface area contributed by atoms with Crippen molar-refractivity contribution in [3.8, 4) is 5.75 Å². The predicted octanol–water partition coefficient (Wildman–Crippen LogP) is 3.37. The second-order valence-corrected chi connectivity index (χ2v) is 6.91. The highest BCUT2D eigenvalue weighted by molar-refractivity contribution is 7.98. The number of thioether (sulfide) groups is 1. The van der Waals surface area contributed by atoms with Crippen LogP contribution in [0.25, 0.3) is 0 Å². The highest BCUT2D eigenvalue weighted by Gasteiger charge is 2.28. The van der Waals surface area contributed by atoms with Gasteiger partial charge in [0, 0.05) is 25.4 Å². The van der Waals surface area contributed by atoms with Gasteiger partial charge < -0.3 is 14.4 Å². The molecule has 10 heteroatoms. The van der Waals surface area contributed by atoms with Gasteiger partial charge in [-0.3, -0.25) is 4.57 Å². The number of hydrogen-bond acceptors (Lipinski definition) is 6. The lowest BCUT2D eigenvalue weighted by atomic mass is 10.2. The molecule has 1 saturated heterocycles. The van der Waals surface area contributed by atoms with Gasteiger partial charge in [-0.25, -0.2) is 0 Å². The van der Waals surface area contributed by atoms with E-state index in [1.165, 1.54) is 17.8 Å². The fourth-order valence-electron chi connectivity index (χ4n) is 2.70. The summed E-state index contributed by atoms with van der Waals surface area (Å²) in [5.41, 5.74) is 0.859. The molecule has 6 nitrogen and oxygen atoms in total. The summed E-state index contributed by atoms with van der Waals surface area (Å²) in [5.74, 6) is 1.59. The summed E-state index contributed by atoms with van der Waals surface area (Å²) in [6, 6.07) is 6.67. The number of nitrogens with zero attached hydrogens (tertiary/aromatic N) is 4. The Morgan fingerprint density at radius 1 is 1.22 bits per heavy atom. The van der Waals surface area contributed by atoms with Gasteiger partial charge >= 0.3 is 6.18 Å². The summed E-state index contributed by atoms with van der Waals surface area (Å²) in [6.45, 7) is 4.37. The Hall–Kier alpha value is -1.94. The smallest absolute Gasteiger partial charge is 0.422 e. The molecule has 0 aliphatic carbocycles. The van der Waals surface area contributed by atoms with Crippen LogP contribution < -0.4 is 9.64 Å². The Labute approximate surface area is 159 Å². The second kappa shape index (κ2) is 8.83. The van der Waals surface area contributed by atoms with E-state index in [0.29, 0.717) is 19.0 Å². The molecule has 0 unspecified atom stereocenters. The second-order valence-electron chi connectivity index (χ2n) is 5.97. The molecule has 0 spiro atoms. The molecule has 1 aliphatic heterocycles. The molecule has 148 valence electrons. The van der Waals surface area contributed by atoms with E-state index in [1.54, 1.807) is 12.1 Å². The standard InChI is InChI=1S/C17H21F3N4O2S/c1-2-24-15(23-6-8-25-9-7-23)21-22-16(24)27-11-13-4-3-5-14(10-13)26-12-17(18,19)20/h3-5,10H,2,6-9,11-12H2,1H3. The van der Waals surface area contributed by atoms with Crippen LogP contribution in [0.4, 0.5) is 19.1 Å². The van der Waals surface area contributed by atoms with E-state index in [9.17, 15) is 13.2 Å². The first-order chi connectivity index (χ1) is 13.0. The van der Waals surface area contributed by atoms with Crippen LogP contribution in [0.3, 0.4) is 0 Å². The maximum absolute atomic E-state index is 12.3. The molecule has 0 atom stereocenters. The largest absolute Gasteiger partial charge is 0.484 e. The van der Waals surface area contributed by atoms with Gasteiger partial charge in [-0.2, -0.15) is 13.2 Å². The summed E-state index contributed by atoms with van der Waals surface area (Å²) in [4.78, 5) is 2.15. The van der Waals surface area contributed by atoms with Crippen molar-refractivity contribution in [2.24, 2.45) is 0 Å². The average Bonchev–Trinajstić information content (AvgIpc) is 3.08. The number of morpholine rings is 1. The van der Waals surface area contributed by atoms with Gasteiger partial charge in [0.05, 0.1) is 13.2 Å². The van der Waals surface area contributed by atoms with Gasteiger partial charge in [-0.05, 0) is 24.6 Å². The lowest BCUT2D eigenvalue weighted by Gasteiger charge is -2.27. The molecule has 0 amide bonds. The minimum Gasteiger partial charge on any atom is -0.484 e. The van der Waals surface area contributed by atoms with E-state index >= 15 is 0 Å². The Balaban J connectivity index is 1.64. The number of ether oxygens (including phenoxy) is 2. The molecular formula is C17H21F3N4O2S. The summed E-state index contributed by atoms with van der Waals surface area (Å²) in [7, 11) is 0. The molecule has 3 rings (SSSR count). The average molecular weight is 402 g/mol. The van der Waals surface area contributed by atoms with Crippen LogP contribution in [0.15, 0.2) is 29.4 Å². The molecule has 2 aromatic rings. The van der Waals surface area contributed by atoms with E-state index in [1.807, 2.05) is 17.6 Å². The fourth-order valence-corrected chi connectivity index (χ4v) is 3.64. The van der Waals surface area contributed by atoms with E-state index < -0.39 is 12.8 Å². The summed E-state index contributed by atoms with van der Waals surface area (Å²) >= 11 is 1.50. The minimum atomic E-state index is -4.35. The van der Waals surface area contributed by atoms with Crippen molar-refractivity contribution in [1.29, 1.82) is 0 Å². The minimum absolute atomic E-state index is 0.205. The third-order valence-corrected chi connectivity index (χ3v) is 5.01. The lowest BCUT2D eigenvalue weighted by molar-refractivity contribution is -0.153. The first-order valence-corrected chi connectivity index (χ1v) is 9.62. The number of hydrogen-bond donors (Lipinski definition) is 0. The van der Waals surface area contributed by atoms with Gasteiger partial charge in [0.15, 0.2) is 11.8 Å². The third-order valence-electron chi connectivity index (χ3n) is 3.98. The number of rotatable bonds is 7. The SMILES string of the molecule is CCn1c(SCc2cccc(OCC(F)(F)F)c2)nnc1N1CCOCC1. The number of halogens is 3. The van der Waals surface area contributed by atoms with Gasteiger partial charge in [0.25, 0.3) is 0 Å². The molecule has 0 bridgehead atoms. The normalized spacial score (nSPS) is 15.2. The highest BCUT2D eigenvalue weighted by atomic mass is 32.2. The van der Waals surface area contributed by atoms with Gasteiger partial charge in [0.1, 0.15) is 5.75 Å². The quantitative estimate of drug-likeness (QED) is 0.662. The van der Waals surface area contributed by atoms with E-state index in [4.69, 9.17) is 9.47 Å². The van der Waals surface area contributed by atoms with Crippen LogP contribution in [0, 0.1) is 0 Å². The molecule has 0 saturated carbocycles. The highest BCUT2D eigenvalue weighted by Crippen LogP contribution is 2.27. The van der Waals surface area contributed by atoms with Gasteiger partial charge in [-0.1, -0.05) is 23.9 Å². The Morgan fingerprint density at radius 3 is 2.70 bits per heavy atom. The molecule has 1 aliphatic rings. The van der Waals surface area contributed by atoms with Crippen molar-refractivity contribution in [3.63, 3.8) is 0 Å². The van der Waals surface area contributed by atoms with Crippen molar-refractivity contribution >= 4 is 17.7 Å². The van der Waals surface area contributed by atoms with Crippen molar-refractivity contribution in [1.82, 2.24) is 14.8 Å². The van der Waals surface area contributed by atoms with Gasteiger partial charge in [-0.15, -0.1) is 10.2 Å². The van der Waals surface area contributed by atoms with E-state index in [0.717, 1.165) is 36.3 Å². The molecule has 1 aromatic heterocycles. The Morgan fingerprint density at radius 2 is 2.00 bits per heavy atom.